The van der Waals surface area contributed by atoms with Gasteiger partial charge < -0.3 is 10.1 Å². The number of esters is 1. The second-order valence-electron chi connectivity index (χ2n) is 4.84. The zero-order chi connectivity index (χ0) is 15.1. The van der Waals surface area contributed by atoms with Gasteiger partial charge in [0.05, 0.1) is 6.61 Å². The van der Waals surface area contributed by atoms with E-state index < -0.39 is 5.54 Å². The van der Waals surface area contributed by atoms with Gasteiger partial charge in [-0.3, -0.25) is 0 Å². The molecular weight excluding hydrogens is 262 g/mol. The molecule has 21 heavy (non-hydrogen) atoms. The smallest absolute Gasteiger partial charge is 0.336 e. The Hall–Kier alpha value is -2.29. The van der Waals surface area contributed by atoms with Gasteiger partial charge in [-0.1, -0.05) is 55.5 Å². The van der Waals surface area contributed by atoms with E-state index in [1.54, 1.807) is 0 Å². The summed E-state index contributed by atoms with van der Waals surface area (Å²) in [5.41, 5.74) is 0.949. The molecule has 0 amide bonds. The Labute approximate surface area is 126 Å². The molecule has 3 heteroatoms. The lowest BCUT2D eigenvalue weighted by Crippen LogP contribution is -2.44. The van der Waals surface area contributed by atoms with Gasteiger partial charge in [-0.2, -0.15) is 0 Å². The van der Waals surface area contributed by atoms with E-state index in [4.69, 9.17) is 4.74 Å². The monoisotopic (exact) mass is 283 g/mol. The van der Waals surface area contributed by atoms with Crippen molar-refractivity contribution in [1.82, 2.24) is 0 Å². The molecule has 0 fully saturated rings. The Balaban J connectivity index is 2.44. The predicted molar refractivity (Wildman–Crippen MR) is 85.1 cm³/mol. The largest absolute Gasteiger partial charge is 0.464 e. The first-order chi connectivity index (χ1) is 10.2. The van der Waals surface area contributed by atoms with Gasteiger partial charge in [0.1, 0.15) is 0 Å². The highest BCUT2D eigenvalue weighted by molar-refractivity contribution is 5.86. The van der Waals surface area contributed by atoms with Gasteiger partial charge in [0, 0.05) is 5.69 Å². The zero-order valence-corrected chi connectivity index (χ0v) is 12.5. The zero-order valence-electron chi connectivity index (χ0n) is 12.5. The Kier molecular flexibility index (Phi) is 4.99. The van der Waals surface area contributed by atoms with E-state index in [0.29, 0.717) is 13.0 Å². The molecule has 2 aromatic rings. The van der Waals surface area contributed by atoms with Crippen LogP contribution in [-0.2, 0) is 15.1 Å². The van der Waals surface area contributed by atoms with Gasteiger partial charge >= 0.3 is 5.97 Å². The predicted octanol–water partition coefficient (Wildman–Crippen LogP) is 3.97. The second-order valence-corrected chi connectivity index (χ2v) is 4.84. The second kappa shape index (κ2) is 6.93. The minimum absolute atomic E-state index is 0.248. The van der Waals surface area contributed by atoms with Crippen LogP contribution in [0.15, 0.2) is 60.7 Å². The molecule has 2 rings (SSSR count). The Morgan fingerprint density at radius 2 is 1.57 bits per heavy atom. The summed E-state index contributed by atoms with van der Waals surface area (Å²) in [4.78, 5) is 12.6. The first kappa shape index (κ1) is 15.1. The molecule has 1 atom stereocenters. The molecule has 0 saturated heterocycles. The van der Waals surface area contributed by atoms with Crippen LogP contribution in [0, 0.1) is 0 Å². The van der Waals surface area contributed by atoms with Gasteiger partial charge in [-0.05, 0) is 31.0 Å². The quantitative estimate of drug-likeness (QED) is 0.815. The van der Waals surface area contributed by atoms with Crippen molar-refractivity contribution in [2.24, 2.45) is 0 Å². The minimum atomic E-state index is -0.862. The van der Waals surface area contributed by atoms with Gasteiger partial charge in [0.15, 0.2) is 5.54 Å². The number of carbonyl (C=O) groups is 1. The molecule has 0 saturated carbocycles. The van der Waals surface area contributed by atoms with Crippen LogP contribution in [0.4, 0.5) is 5.69 Å². The van der Waals surface area contributed by atoms with Crippen LogP contribution in [0.1, 0.15) is 25.8 Å². The fourth-order valence-corrected chi connectivity index (χ4v) is 2.42. The molecule has 110 valence electrons. The molecule has 0 aliphatic rings. The molecule has 0 spiro atoms. The van der Waals surface area contributed by atoms with Crippen molar-refractivity contribution in [3.8, 4) is 0 Å². The van der Waals surface area contributed by atoms with Crippen molar-refractivity contribution in [1.29, 1.82) is 0 Å². The number of para-hydroxylation sites is 1. The molecule has 0 aliphatic carbocycles. The summed E-state index contributed by atoms with van der Waals surface area (Å²) in [6.07, 6.45) is 0.602. The Bertz CT molecular complexity index is 568. The number of hydrogen-bond donors (Lipinski definition) is 1. The third-order valence-electron chi connectivity index (χ3n) is 3.55. The SMILES string of the molecule is CCOC(=O)C(CC)(Nc1ccccc1)c1ccccc1. The molecular formula is C18H21NO2. The average molecular weight is 283 g/mol. The van der Waals surface area contributed by atoms with Crippen LogP contribution in [-0.4, -0.2) is 12.6 Å². The highest BCUT2D eigenvalue weighted by Crippen LogP contribution is 2.31. The van der Waals surface area contributed by atoms with Crippen molar-refractivity contribution >= 4 is 11.7 Å². The number of carbonyl (C=O) groups excluding carboxylic acids is 1. The molecule has 0 aromatic heterocycles. The van der Waals surface area contributed by atoms with Crippen LogP contribution in [0.3, 0.4) is 0 Å². The van der Waals surface area contributed by atoms with Crippen molar-refractivity contribution in [2.75, 3.05) is 11.9 Å². The van der Waals surface area contributed by atoms with Gasteiger partial charge in [0.2, 0.25) is 0 Å². The first-order valence-electron chi connectivity index (χ1n) is 7.29. The van der Waals surface area contributed by atoms with Crippen LogP contribution in [0.5, 0.6) is 0 Å². The van der Waals surface area contributed by atoms with Crippen LogP contribution < -0.4 is 5.32 Å². The summed E-state index contributed by atoms with van der Waals surface area (Å²) >= 11 is 0. The molecule has 3 nitrogen and oxygen atoms in total. The van der Waals surface area contributed by atoms with Crippen LogP contribution in [0.2, 0.25) is 0 Å². The summed E-state index contributed by atoms with van der Waals surface area (Å²) in [6, 6.07) is 19.5. The normalized spacial score (nSPS) is 13.2. The Morgan fingerprint density at radius 1 is 1.00 bits per heavy atom. The van der Waals surface area contributed by atoms with Crippen molar-refractivity contribution in [3.63, 3.8) is 0 Å². The van der Waals surface area contributed by atoms with E-state index in [1.807, 2.05) is 74.5 Å². The standard InChI is InChI=1S/C18H21NO2/c1-3-18(17(20)21-4-2,15-11-7-5-8-12-15)19-16-13-9-6-10-14-16/h5-14,19H,3-4H2,1-2H3. The molecule has 0 heterocycles. The third-order valence-corrected chi connectivity index (χ3v) is 3.55. The van der Waals surface area contributed by atoms with E-state index in [9.17, 15) is 4.79 Å². The van der Waals surface area contributed by atoms with Gasteiger partial charge in [-0.25, -0.2) is 4.79 Å². The Morgan fingerprint density at radius 3 is 2.10 bits per heavy atom. The highest BCUT2D eigenvalue weighted by atomic mass is 16.5. The topological polar surface area (TPSA) is 38.3 Å². The molecule has 1 unspecified atom stereocenters. The molecule has 1 N–H and O–H groups in total. The summed E-state index contributed by atoms with van der Waals surface area (Å²) in [6.45, 7) is 4.18. The van der Waals surface area contributed by atoms with E-state index in [2.05, 4.69) is 5.32 Å². The van der Waals surface area contributed by atoms with Crippen molar-refractivity contribution in [3.05, 3.63) is 66.2 Å². The van der Waals surface area contributed by atoms with E-state index in [-0.39, 0.29) is 5.97 Å². The fraction of sp³-hybridized carbons (Fsp3) is 0.278. The minimum Gasteiger partial charge on any atom is -0.464 e. The molecule has 0 aliphatic heterocycles. The van der Waals surface area contributed by atoms with E-state index in [1.165, 1.54) is 0 Å². The van der Waals surface area contributed by atoms with Crippen LogP contribution >= 0.6 is 0 Å². The van der Waals surface area contributed by atoms with Crippen LogP contribution in [0.25, 0.3) is 0 Å². The average Bonchev–Trinajstić information content (AvgIpc) is 2.54. The molecule has 0 radical (unpaired) electrons. The summed E-state index contributed by atoms with van der Waals surface area (Å²) in [7, 11) is 0. The molecule has 0 bridgehead atoms. The first-order valence-corrected chi connectivity index (χ1v) is 7.29. The summed E-state index contributed by atoms with van der Waals surface area (Å²) in [5.74, 6) is -0.248. The van der Waals surface area contributed by atoms with Gasteiger partial charge in [0.25, 0.3) is 0 Å². The number of ether oxygens (including phenoxy) is 1. The maximum Gasteiger partial charge on any atom is 0.336 e. The maximum atomic E-state index is 12.6. The summed E-state index contributed by atoms with van der Waals surface area (Å²) < 4.78 is 5.32. The maximum absolute atomic E-state index is 12.6. The lowest BCUT2D eigenvalue weighted by Gasteiger charge is -2.33. The highest BCUT2D eigenvalue weighted by Gasteiger charge is 2.40. The van der Waals surface area contributed by atoms with E-state index in [0.717, 1.165) is 11.3 Å². The molecule has 2 aromatic carbocycles. The lowest BCUT2D eigenvalue weighted by atomic mass is 9.86. The van der Waals surface area contributed by atoms with Crippen molar-refractivity contribution < 1.29 is 9.53 Å². The van der Waals surface area contributed by atoms with Gasteiger partial charge in [-0.15, -0.1) is 0 Å². The van der Waals surface area contributed by atoms with Crippen molar-refractivity contribution in [2.45, 2.75) is 25.8 Å². The lowest BCUT2D eigenvalue weighted by molar-refractivity contribution is -0.149. The third kappa shape index (κ3) is 3.24. The van der Waals surface area contributed by atoms with E-state index >= 15 is 0 Å². The number of nitrogens with one attached hydrogen (secondary N) is 1. The number of hydrogen-bond acceptors (Lipinski definition) is 3. The fourth-order valence-electron chi connectivity index (χ4n) is 2.42. The summed E-state index contributed by atoms with van der Waals surface area (Å²) in [5, 5.41) is 3.37. The number of anilines is 1. The number of rotatable bonds is 6. The number of benzene rings is 2.